The minimum absolute atomic E-state index is 0.0356. The predicted molar refractivity (Wildman–Crippen MR) is 102 cm³/mol. The Balaban J connectivity index is 1.84. The average Bonchev–Trinajstić information content (AvgIpc) is 2.70. The van der Waals surface area contributed by atoms with Crippen LogP contribution in [0, 0.1) is 10.1 Å². The van der Waals surface area contributed by atoms with E-state index in [0.29, 0.717) is 11.1 Å². The van der Waals surface area contributed by atoms with E-state index in [1.165, 1.54) is 26.0 Å². The zero-order valence-electron chi connectivity index (χ0n) is 16.6. The van der Waals surface area contributed by atoms with Gasteiger partial charge >= 0.3 is 18.1 Å². The fourth-order valence-electron chi connectivity index (χ4n) is 2.29. The van der Waals surface area contributed by atoms with Gasteiger partial charge in [0.1, 0.15) is 24.5 Å². The molecule has 164 valence electrons. The van der Waals surface area contributed by atoms with Gasteiger partial charge in [-0.15, -0.1) is 10.1 Å². The number of ether oxygens (including phenoxy) is 4. The first-order chi connectivity index (χ1) is 14.7. The third-order valence-corrected chi connectivity index (χ3v) is 3.61. The highest BCUT2D eigenvalue weighted by Crippen LogP contribution is 2.20. The number of hydrogen-bond acceptors (Lipinski definition) is 10. The molecule has 11 nitrogen and oxygen atoms in total. The standard InChI is InChI=1S/C20H19NO10/c1-13(22)29-18-6-4-3-5-17(18)19(23)27-11-15-7-9-16(10-8-15)12-28-20(24)30-14(2)31-21(25)26/h3-10,14H,11-12H2,1-2H3. The largest absolute Gasteiger partial charge is 0.510 e. The van der Waals surface area contributed by atoms with E-state index in [2.05, 4.69) is 9.57 Å². The smallest absolute Gasteiger partial charge is 0.457 e. The van der Waals surface area contributed by atoms with E-state index in [4.69, 9.17) is 14.2 Å². The molecular formula is C20H19NO10. The molecule has 0 saturated heterocycles. The van der Waals surface area contributed by atoms with E-state index in [1.807, 2.05) is 0 Å². The van der Waals surface area contributed by atoms with E-state index in [1.54, 1.807) is 36.4 Å². The lowest BCUT2D eigenvalue weighted by Crippen LogP contribution is -2.21. The van der Waals surface area contributed by atoms with Crippen molar-refractivity contribution in [2.24, 2.45) is 0 Å². The Morgan fingerprint density at radius 1 is 0.968 bits per heavy atom. The zero-order valence-corrected chi connectivity index (χ0v) is 16.6. The van der Waals surface area contributed by atoms with Crippen LogP contribution in [0.15, 0.2) is 48.5 Å². The number of benzene rings is 2. The lowest BCUT2D eigenvalue weighted by molar-refractivity contribution is -0.777. The Bertz CT molecular complexity index is 941. The van der Waals surface area contributed by atoms with Gasteiger partial charge in [-0.2, -0.15) is 0 Å². The number of carbonyl (C=O) groups excluding carboxylic acids is 3. The topological polar surface area (TPSA) is 141 Å². The van der Waals surface area contributed by atoms with Crippen molar-refractivity contribution in [1.82, 2.24) is 0 Å². The van der Waals surface area contributed by atoms with Crippen molar-refractivity contribution in [3.8, 4) is 5.75 Å². The molecule has 0 aliphatic rings. The van der Waals surface area contributed by atoms with Crippen LogP contribution in [0.5, 0.6) is 5.75 Å². The summed E-state index contributed by atoms with van der Waals surface area (Å²) in [5.74, 6) is -1.10. The summed E-state index contributed by atoms with van der Waals surface area (Å²) in [5, 5.41) is 9.05. The van der Waals surface area contributed by atoms with Crippen molar-refractivity contribution in [1.29, 1.82) is 0 Å². The van der Waals surface area contributed by atoms with Crippen LogP contribution in [0.25, 0.3) is 0 Å². The molecule has 0 aliphatic heterocycles. The van der Waals surface area contributed by atoms with Gasteiger partial charge in [-0.05, 0) is 30.2 Å². The summed E-state index contributed by atoms with van der Waals surface area (Å²) < 4.78 is 19.6. The molecule has 1 unspecified atom stereocenters. The molecule has 0 fully saturated rings. The van der Waals surface area contributed by atoms with E-state index < -0.39 is 29.5 Å². The summed E-state index contributed by atoms with van der Waals surface area (Å²) in [7, 11) is 0. The van der Waals surface area contributed by atoms with Crippen LogP contribution in [0.1, 0.15) is 35.3 Å². The second-order valence-electron chi connectivity index (χ2n) is 6.04. The molecule has 11 heteroatoms. The fraction of sp³-hybridized carbons (Fsp3) is 0.250. The van der Waals surface area contributed by atoms with Crippen molar-refractivity contribution >= 4 is 18.1 Å². The molecule has 0 aromatic heterocycles. The maximum Gasteiger partial charge on any atom is 0.510 e. The first-order valence-electron chi connectivity index (χ1n) is 8.91. The Kier molecular flexibility index (Phi) is 8.31. The molecule has 0 radical (unpaired) electrons. The van der Waals surface area contributed by atoms with E-state index in [0.717, 1.165) is 0 Å². The zero-order chi connectivity index (χ0) is 22.8. The molecule has 0 bridgehead atoms. The SMILES string of the molecule is CC(=O)Oc1ccccc1C(=O)OCc1ccc(COC(=O)OC(C)O[N+](=O)[O-])cc1. The molecule has 0 N–H and O–H groups in total. The maximum absolute atomic E-state index is 12.3. The van der Waals surface area contributed by atoms with E-state index >= 15 is 0 Å². The van der Waals surface area contributed by atoms with Gasteiger partial charge in [0.2, 0.25) is 6.29 Å². The van der Waals surface area contributed by atoms with Crippen LogP contribution in [-0.2, 0) is 37.1 Å². The Morgan fingerprint density at radius 2 is 1.55 bits per heavy atom. The molecule has 2 aromatic carbocycles. The highest BCUT2D eigenvalue weighted by molar-refractivity contribution is 5.93. The Morgan fingerprint density at radius 3 is 2.13 bits per heavy atom. The third-order valence-electron chi connectivity index (χ3n) is 3.61. The van der Waals surface area contributed by atoms with Crippen molar-refractivity contribution < 1.29 is 43.3 Å². The second kappa shape index (κ2) is 11.1. The number of carbonyl (C=O) groups is 3. The first kappa shape index (κ1) is 23.1. The van der Waals surface area contributed by atoms with Crippen molar-refractivity contribution in [3.05, 3.63) is 75.3 Å². The molecule has 31 heavy (non-hydrogen) atoms. The fourth-order valence-corrected chi connectivity index (χ4v) is 2.29. The lowest BCUT2D eigenvalue weighted by Gasteiger charge is -2.11. The van der Waals surface area contributed by atoms with Crippen LogP contribution in [0.3, 0.4) is 0 Å². The number of hydrogen-bond donors (Lipinski definition) is 0. The van der Waals surface area contributed by atoms with Crippen molar-refractivity contribution in [2.45, 2.75) is 33.4 Å². The molecule has 1 atom stereocenters. The molecule has 0 saturated carbocycles. The molecule has 0 heterocycles. The van der Waals surface area contributed by atoms with Gasteiger partial charge in [-0.3, -0.25) is 9.63 Å². The van der Waals surface area contributed by atoms with Gasteiger partial charge in [0.05, 0.1) is 0 Å². The van der Waals surface area contributed by atoms with Gasteiger partial charge in [0.15, 0.2) is 0 Å². The highest BCUT2D eigenvalue weighted by atomic mass is 17.0. The minimum Gasteiger partial charge on any atom is -0.457 e. The third kappa shape index (κ3) is 8.01. The molecule has 2 rings (SSSR count). The number of esters is 2. The average molecular weight is 433 g/mol. The summed E-state index contributed by atoms with van der Waals surface area (Å²) in [4.78, 5) is 49.0. The summed E-state index contributed by atoms with van der Waals surface area (Å²) >= 11 is 0. The summed E-state index contributed by atoms with van der Waals surface area (Å²) in [6.07, 6.45) is -2.52. The quantitative estimate of drug-likeness (QED) is 0.190. The second-order valence-corrected chi connectivity index (χ2v) is 6.04. The Labute approximate surface area is 176 Å². The molecule has 0 amide bonds. The van der Waals surface area contributed by atoms with E-state index in [9.17, 15) is 24.5 Å². The highest BCUT2D eigenvalue weighted by Gasteiger charge is 2.16. The van der Waals surface area contributed by atoms with Gasteiger partial charge in [0.25, 0.3) is 5.09 Å². The van der Waals surface area contributed by atoms with Crippen LogP contribution in [0.4, 0.5) is 4.79 Å². The van der Waals surface area contributed by atoms with Gasteiger partial charge in [-0.25, -0.2) is 9.59 Å². The molecule has 2 aromatic rings. The molecule has 0 aliphatic carbocycles. The van der Waals surface area contributed by atoms with Crippen LogP contribution < -0.4 is 4.74 Å². The summed E-state index contributed by atoms with van der Waals surface area (Å²) in [5.41, 5.74) is 1.39. The normalized spacial score (nSPS) is 11.0. The maximum atomic E-state index is 12.3. The van der Waals surface area contributed by atoms with Gasteiger partial charge in [-0.1, -0.05) is 36.4 Å². The van der Waals surface area contributed by atoms with Gasteiger partial charge in [0, 0.05) is 6.92 Å². The molecule has 0 spiro atoms. The van der Waals surface area contributed by atoms with Crippen LogP contribution in [0.2, 0.25) is 0 Å². The summed E-state index contributed by atoms with van der Waals surface area (Å²) in [6.45, 7) is 2.23. The monoisotopic (exact) mass is 433 g/mol. The first-order valence-corrected chi connectivity index (χ1v) is 8.91. The lowest BCUT2D eigenvalue weighted by atomic mass is 10.1. The van der Waals surface area contributed by atoms with Crippen LogP contribution >= 0.6 is 0 Å². The predicted octanol–water partition coefficient (Wildman–Crippen LogP) is 3.18. The van der Waals surface area contributed by atoms with Gasteiger partial charge < -0.3 is 18.9 Å². The van der Waals surface area contributed by atoms with E-state index in [-0.39, 0.29) is 24.5 Å². The molecular weight excluding hydrogens is 414 g/mol. The minimum atomic E-state index is -1.40. The van der Waals surface area contributed by atoms with Crippen molar-refractivity contribution in [2.75, 3.05) is 0 Å². The van der Waals surface area contributed by atoms with Crippen LogP contribution in [-0.4, -0.2) is 29.5 Å². The van der Waals surface area contributed by atoms with Crippen molar-refractivity contribution in [3.63, 3.8) is 0 Å². The number of rotatable bonds is 9. The number of para-hydroxylation sites is 1. The number of nitrogens with zero attached hydrogens (tertiary/aromatic N) is 1. The summed E-state index contributed by atoms with van der Waals surface area (Å²) in [6, 6.07) is 12.8. The Hall–Kier alpha value is -4.15.